The fraction of sp³-hybridized carbons (Fsp3) is 0.375. The van der Waals surface area contributed by atoms with Crippen LogP contribution in [-0.4, -0.2) is 24.0 Å². The maximum Gasteiger partial charge on any atom is 0.252 e. The van der Waals surface area contributed by atoms with Crippen molar-refractivity contribution in [2.24, 2.45) is 0 Å². The fourth-order valence-corrected chi connectivity index (χ4v) is 0.922. The molecule has 11 heavy (non-hydrogen) atoms. The van der Waals surface area contributed by atoms with Crippen molar-refractivity contribution in [2.45, 2.75) is 6.54 Å². The Bertz CT molecular complexity index is 277. The molecule has 0 saturated carbocycles. The van der Waals surface area contributed by atoms with E-state index < -0.39 is 0 Å². The highest BCUT2D eigenvalue weighted by Gasteiger charge is 1.97. The van der Waals surface area contributed by atoms with Crippen LogP contribution in [0.5, 0.6) is 0 Å². The molecular weight excluding hydrogens is 140 g/mol. The lowest BCUT2D eigenvalue weighted by Gasteiger charge is -2.07. The lowest BCUT2D eigenvalue weighted by molar-refractivity contribution is 0.400. The number of hydrogen-bond acceptors (Lipinski definition) is 2. The molecule has 3 heteroatoms. The zero-order valence-corrected chi connectivity index (χ0v) is 6.79. The average Bonchev–Trinajstić information content (AvgIpc) is 1.93. The molecule has 0 bridgehead atoms. The van der Waals surface area contributed by atoms with Gasteiger partial charge in [-0.05, 0) is 20.2 Å². The van der Waals surface area contributed by atoms with Gasteiger partial charge in [0.1, 0.15) is 0 Å². The SMILES string of the molecule is CN(C)Cc1ccc[nH]c1=O. The standard InChI is InChI=1S/C8H12N2O/c1-10(2)6-7-4-3-5-9-8(7)11/h3-5H,6H2,1-2H3,(H,9,11). The number of aromatic amines is 1. The minimum Gasteiger partial charge on any atom is -0.329 e. The third kappa shape index (κ3) is 2.20. The minimum absolute atomic E-state index is 0.00111. The Kier molecular flexibility index (Phi) is 2.44. The molecule has 1 heterocycles. The maximum atomic E-state index is 11.1. The van der Waals surface area contributed by atoms with Crippen LogP contribution in [0.25, 0.3) is 0 Å². The van der Waals surface area contributed by atoms with E-state index in [-0.39, 0.29) is 5.56 Å². The summed E-state index contributed by atoms with van der Waals surface area (Å²) in [6.45, 7) is 0.691. The van der Waals surface area contributed by atoms with Gasteiger partial charge in [0.25, 0.3) is 5.56 Å². The van der Waals surface area contributed by atoms with Crippen LogP contribution in [0.3, 0.4) is 0 Å². The van der Waals surface area contributed by atoms with E-state index in [9.17, 15) is 4.79 Å². The zero-order valence-electron chi connectivity index (χ0n) is 6.79. The highest BCUT2D eigenvalue weighted by Crippen LogP contribution is 1.91. The second-order valence-corrected chi connectivity index (χ2v) is 2.76. The second-order valence-electron chi connectivity index (χ2n) is 2.76. The van der Waals surface area contributed by atoms with Gasteiger partial charge in [0.2, 0.25) is 0 Å². The first-order valence-corrected chi connectivity index (χ1v) is 3.51. The van der Waals surface area contributed by atoms with Gasteiger partial charge in [-0.3, -0.25) is 4.79 Å². The quantitative estimate of drug-likeness (QED) is 0.667. The molecule has 0 amide bonds. The number of rotatable bonds is 2. The summed E-state index contributed by atoms with van der Waals surface area (Å²) in [6.07, 6.45) is 1.64. The summed E-state index contributed by atoms with van der Waals surface area (Å²) in [6, 6.07) is 3.67. The van der Waals surface area contributed by atoms with Gasteiger partial charge in [0.15, 0.2) is 0 Å². The van der Waals surface area contributed by atoms with Crippen molar-refractivity contribution in [1.29, 1.82) is 0 Å². The van der Waals surface area contributed by atoms with Crippen molar-refractivity contribution in [1.82, 2.24) is 9.88 Å². The number of nitrogens with zero attached hydrogens (tertiary/aromatic N) is 1. The summed E-state index contributed by atoms with van der Waals surface area (Å²) in [4.78, 5) is 15.7. The number of pyridine rings is 1. The number of H-pyrrole nitrogens is 1. The molecule has 0 fully saturated rings. The smallest absolute Gasteiger partial charge is 0.252 e. The van der Waals surface area contributed by atoms with Crippen molar-refractivity contribution in [3.05, 3.63) is 34.2 Å². The number of hydrogen-bond donors (Lipinski definition) is 1. The normalized spacial score (nSPS) is 10.5. The van der Waals surface area contributed by atoms with Crippen LogP contribution < -0.4 is 5.56 Å². The Balaban J connectivity index is 2.87. The molecule has 3 nitrogen and oxygen atoms in total. The van der Waals surface area contributed by atoms with Crippen molar-refractivity contribution in [3.63, 3.8) is 0 Å². The van der Waals surface area contributed by atoms with E-state index in [0.717, 1.165) is 5.56 Å². The van der Waals surface area contributed by atoms with Gasteiger partial charge in [-0.2, -0.15) is 0 Å². The van der Waals surface area contributed by atoms with Crippen LogP contribution in [-0.2, 0) is 6.54 Å². The van der Waals surface area contributed by atoms with Crippen molar-refractivity contribution < 1.29 is 0 Å². The first kappa shape index (κ1) is 8.01. The van der Waals surface area contributed by atoms with Gasteiger partial charge in [0, 0.05) is 18.3 Å². The highest BCUT2D eigenvalue weighted by atomic mass is 16.1. The Morgan fingerprint density at radius 2 is 2.27 bits per heavy atom. The topological polar surface area (TPSA) is 36.1 Å². The van der Waals surface area contributed by atoms with Crippen molar-refractivity contribution >= 4 is 0 Å². The molecule has 1 rings (SSSR count). The lowest BCUT2D eigenvalue weighted by Crippen LogP contribution is -2.19. The molecule has 0 aliphatic heterocycles. The fourth-order valence-electron chi connectivity index (χ4n) is 0.922. The molecule has 60 valence electrons. The van der Waals surface area contributed by atoms with Crippen LogP contribution in [0.15, 0.2) is 23.1 Å². The molecular formula is C8H12N2O. The Labute approximate surface area is 65.7 Å². The van der Waals surface area contributed by atoms with Gasteiger partial charge < -0.3 is 9.88 Å². The number of nitrogens with one attached hydrogen (secondary N) is 1. The van der Waals surface area contributed by atoms with Gasteiger partial charge in [-0.25, -0.2) is 0 Å². The molecule has 0 spiro atoms. The summed E-state index contributed by atoms with van der Waals surface area (Å²) < 4.78 is 0. The lowest BCUT2D eigenvalue weighted by atomic mass is 10.3. The number of aromatic nitrogens is 1. The van der Waals surface area contributed by atoms with Crippen LogP contribution in [0.2, 0.25) is 0 Å². The first-order valence-electron chi connectivity index (χ1n) is 3.51. The Morgan fingerprint density at radius 3 is 2.82 bits per heavy atom. The predicted molar refractivity (Wildman–Crippen MR) is 44.5 cm³/mol. The van der Waals surface area contributed by atoms with Crippen LogP contribution in [0.1, 0.15) is 5.56 Å². The summed E-state index contributed by atoms with van der Waals surface area (Å²) in [5, 5.41) is 0. The molecule has 1 aromatic rings. The first-order chi connectivity index (χ1) is 5.20. The maximum absolute atomic E-state index is 11.1. The molecule has 0 unspecified atom stereocenters. The Hall–Kier alpha value is -1.09. The van der Waals surface area contributed by atoms with E-state index in [1.807, 2.05) is 31.1 Å². The molecule has 1 N–H and O–H groups in total. The van der Waals surface area contributed by atoms with Crippen molar-refractivity contribution in [2.75, 3.05) is 14.1 Å². The zero-order chi connectivity index (χ0) is 8.27. The van der Waals surface area contributed by atoms with E-state index in [0.29, 0.717) is 6.54 Å². The summed E-state index contributed by atoms with van der Waals surface area (Å²) in [5.41, 5.74) is 0.804. The van der Waals surface area contributed by atoms with Gasteiger partial charge in [-0.1, -0.05) is 6.07 Å². The van der Waals surface area contributed by atoms with Gasteiger partial charge in [0.05, 0.1) is 0 Å². The van der Waals surface area contributed by atoms with Crippen LogP contribution in [0, 0.1) is 0 Å². The summed E-state index contributed by atoms with van der Waals surface area (Å²) >= 11 is 0. The molecule has 0 aliphatic carbocycles. The Morgan fingerprint density at radius 1 is 1.55 bits per heavy atom. The molecule has 0 atom stereocenters. The predicted octanol–water partition coefficient (Wildman–Crippen LogP) is 0.437. The van der Waals surface area contributed by atoms with Crippen molar-refractivity contribution in [3.8, 4) is 0 Å². The summed E-state index contributed by atoms with van der Waals surface area (Å²) in [5.74, 6) is 0. The largest absolute Gasteiger partial charge is 0.329 e. The van der Waals surface area contributed by atoms with E-state index in [1.165, 1.54) is 0 Å². The van der Waals surface area contributed by atoms with Crippen LogP contribution in [0.4, 0.5) is 0 Å². The minimum atomic E-state index is 0.00111. The highest BCUT2D eigenvalue weighted by molar-refractivity contribution is 5.08. The van der Waals surface area contributed by atoms with Gasteiger partial charge >= 0.3 is 0 Å². The molecule has 0 aliphatic rings. The van der Waals surface area contributed by atoms with E-state index in [1.54, 1.807) is 6.20 Å². The molecule has 0 saturated heterocycles. The summed E-state index contributed by atoms with van der Waals surface area (Å²) in [7, 11) is 3.87. The third-order valence-electron chi connectivity index (χ3n) is 1.39. The van der Waals surface area contributed by atoms with Gasteiger partial charge in [-0.15, -0.1) is 0 Å². The second kappa shape index (κ2) is 3.34. The van der Waals surface area contributed by atoms with E-state index in [2.05, 4.69) is 4.98 Å². The average molecular weight is 152 g/mol. The third-order valence-corrected chi connectivity index (χ3v) is 1.39. The van der Waals surface area contributed by atoms with E-state index in [4.69, 9.17) is 0 Å². The van der Waals surface area contributed by atoms with Crippen LogP contribution >= 0.6 is 0 Å². The monoisotopic (exact) mass is 152 g/mol. The van der Waals surface area contributed by atoms with E-state index >= 15 is 0 Å². The molecule has 0 aromatic carbocycles. The molecule has 1 aromatic heterocycles. The molecule has 0 radical (unpaired) electrons.